The molecule has 0 radical (unpaired) electrons. The molecule has 2 heterocycles. The van der Waals surface area contributed by atoms with Gasteiger partial charge in [-0.1, -0.05) is 61.8 Å². The van der Waals surface area contributed by atoms with E-state index in [0.29, 0.717) is 0 Å². The van der Waals surface area contributed by atoms with Crippen molar-refractivity contribution in [1.82, 2.24) is 106 Å². The molecule has 148 heavy (non-hydrogen) atoms. The van der Waals surface area contributed by atoms with Crippen molar-refractivity contribution in [2.24, 2.45) is 52.3 Å². The fourth-order valence-corrected chi connectivity index (χ4v) is 15.2. The number of nitrogens with zero attached hydrogens (tertiary/aromatic N) is 2. The smallest absolute Gasteiger partial charge is 0.326 e. The summed E-state index contributed by atoms with van der Waals surface area (Å²) in [5.74, 6) is -35.2. The highest BCUT2D eigenvalue weighted by Gasteiger charge is 2.46. The molecule has 0 aliphatic carbocycles. The Labute approximate surface area is 850 Å². The van der Waals surface area contributed by atoms with Crippen molar-refractivity contribution < 1.29 is 166 Å². The van der Waals surface area contributed by atoms with E-state index in [1.165, 1.54) is 34.6 Å². The largest absolute Gasteiger partial charge is 0.481 e. The molecule has 2 saturated heterocycles. The topological polar surface area (TPSA) is 983 Å². The number of aliphatic carboxylic acids is 5. The second-order valence-electron chi connectivity index (χ2n) is 37.1. The molecule has 2 aliphatic heterocycles. The standard InChI is InChI=1S/C88H146N26O34/c1-12-41(8)67(111-77(137)52(34-65(128)129)103-76(136)50(29-39(4)5)104-82(142)66(40(6)7)110-80(140)57-21-17-27-114(57)86(146)53(31-58(91)118)106-79(139)56-20-16-26-113(56)85(145)42(9)98-78(138)55(37-115)108-70(130)45(90)30-63(124)125)83(143)105-51(33-64(126)127)71(131)96-35-60(120)99-48(22-23-62(122)123)73(133)100-46(18-13-14-24-89)72(132)102-49(28-38(2)3)75(135)101-47(19-15-25-95-88(93)94)74(134)112-68(43(10)116)81(141)97-36-61(121)109-69(44(11)117)84(144)107-54(87(147)148)32-59(92)119/h38-57,66-69,115-117H,12-37,89-90H2,1-11H3,(H2,91,118)(H2,92,119)(H,96,131)(H,97,141)(H,98,138)(H,99,120)(H,100,133)(H,101,135)(H,102,132)(H,103,136)(H,104,142)(H,105,143)(H,106,139)(H,107,144)(H,108,130)(H,109,121)(H,110,140)(H,111,137)(H,112,134)(H,122,123)(H,124,125)(H,126,127)(H,128,129)(H,147,148)(H4,93,94,95)/t41-,42-,43+,44+,45-,46-,47-,48-,49-,50-,51-,52-,53-,54-,55-,56-,57-,66-,67-,68-,69-/m0/s1. The number of carboxylic acids is 5. The van der Waals surface area contributed by atoms with Gasteiger partial charge in [-0.3, -0.25) is 125 Å². The normalized spacial score (nSPS) is 17.1. The number of carbonyl (C=O) groups excluding carboxylic acids is 21. The van der Waals surface area contributed by atoms with E-state index in [2.05, 4.69) is 90.4 Å². The number of amides is 21. The number of aliphatic hydroxyl groups excluding tert-OH is 3. The summed E-state index contributed by atoms with van der Waals surface area (Å²) < 4.78 is 0. The molecule has 0 aromatic heterocycles. The molecule has 2 rings (SSSR count). The molecule has 0 spiro atoms. The van der Waals surface area contributed by atoms with Crippen LogP contribution in [0.15, 0.2) is 0 Å². The monoisotopic (exact) mass is 2110 g/mol. The first kappa shape index (κ1) is 129. The van der Waals surface area contributed by atoms with Crippen LogP contribution in [0.3, 0.4) is 0 Å². The number of carbonyl (C=O) groups is 26. The van der Waals surface area contributed by atoms with Gasteiger partial charge in [0.05, 0.1) is 70.1 Å². The third-order valence-corrected chi connectivity index (χ3v) is 23.2. The summed E-state index contributed by atoms with van der Waals surface area (Å²) in [6, 6.07) is -30.8. The van der Waals surface area contributed by atoms with Gasteiger partial charge in [0.2, 0.25) is 124 Å². The number of carboxylic acid groups (broad SMARTS) is 5. The lowest BCUT2D eigenvalue weighted by molar-refractivity contribution is -0.145. The van der Waals surface area contributed by atoms with E-state index >= 15 is 0 Å². The second kappa shape index (κ2) is 64.3. The molecule has 21 amide bonds. The van der Waals surface area contributed by atoms with Crippen molar-refractivity contribution in [2.45, 2.75) is 319 Å². The predicted octanol–water partition coefficient (Wildman–Crippen LogP) is -13.1. The Bertz CT molecular complexity index is 4710. The molecule has 0 unspecified atom stereocenters. The summed E-state index contributed by atoms with van der Waals surface area (Å²) >= 11 is 0. The van der Waals surface area contributed by atoms with Crippen LogP contribution in [-0.4, -0.2) is 377 Å². The van der Waals surface area contributed by atoms with Gasteiger partial charge in [-0.25, -0.2) is 4.79 Å². The maximum Gasteiger partial charge on any atom is 0.326 e. The summed E-state index contributed by atoms with van der Waals surface area (Å²) in [6.45, 7) is 12.3. The Hall–Kier alpha value is -14.7. The number of nitrogens with one attached hydrogen (secondary N) is 19. The lowest BCUT2D eigenvalue weighted by atomic mass is 9.96. The molecule has 21 atom stereocenters. The van der Waals surface area contributed by atoms with Crippen LogP contribution in [0.25, 0.3) is 0 Å². The molecule has 0 bridgehead atoms. The second-order valence-corrected chi connectivity index (χ2v) is 37.1. The van der Waals surface area contributed by atoms with Gasteiger partial charge in [-0.05, 0) is 128 Å². The highest BCUT2D eigenvalue weighted by atomic mass is 16.4. The number of hydrogen-bond acceptors (Lipinski definition) is 32. The lowest BCUT2D eigenvalue weighted by Crippen LogP contribution is -2.62. The number of primary amides is 2. The third-order valence-electron chi connectivity index (χ3n) is 23.2. The average Bonchev–Trinajstić information content (AvgIpc) is 1.66. The summed E-state index contributed by atoms with van der Waals surface area (Å²) in [6.07, 6.45) is -10.4. The number of aliphatic hydroxyl groups is 3. The van der Waals surface area contributed by atoms with E-state index in [1.807, 2.05) is 5.32 Å². The Kier molecular flexibility index (Phi) is 56.2. The van der Waals surface area contributed by atoms with Gasteiger partial charge in [-0.15, -0.1) is 0 Å². The highest BCUT2D eigenvalue weighted by Crippen LogP contribution is 2.24. The van der Waals surface area contributed by atoms with Crippen LogP contribution in [0.5, 0.6) is 0 Å². The highest BCUT2D eigenvalue weighted by molar-refractivity contribution is 6.04. The van der Waals surface area contributed by atoms with Crippen LogP contribution in [0.2, 0.25) is 0 Å². The van der Waals surface area contributed by atoms with Gasteiger partial charge in [-0.2, -0.15) is 0 Å². The van der Waals surface area contributed by atoms with E-state index < -0.39 is 369 Å². The number of unbranched alkanes of at least 4 members (excludes halogenated alkanes) is 1. The van der Waals surface area contributed by atoms with Crippen LogP contribution in [0.4, 0.5) is 0 Å². The van der Waals surface area contributed by atoms with Crippen LogP contribution in [0, 0.1) is 29.1 Å². The van der Waals surface area contributed by atoms with E-state index in [9.17, 15) is 160 Å². The summed E-state index contributed by atoms with van der Waals surface area (Å²) in [5.41, 5.74) is 27.4. The first-order valence-electron chi connectivity index (χ1n) is 48.0. The van der Waals surface area contributed by atoms with E-state index in [1.54, 1.807) is 27.7 Å². The van der Waals surface area contributed by atoms with Crippen molar-refractivity contribution >= 4 is 160 Å². The number of likely N-dealkylation sites (tertiary alicyclic amines) is 2. The minimum Gasteiger partial charge on any atom is -0.481 e. The molecule has 0 saturated carbocycles. The van der Waals surface area contributed by atoms with Crippen molar-refractivity contribution in [3.8, 4) is 0 Å². The van der Waals surface area contributed by atoms with Crippen molar-refractivity contribution in [3.63, 3.8) is 0 Å². The maximum atomic E-state index is 14.5. The Balaban J connectivity index is 2.42. The molecular formula is C88H146N26O34. The van der Waals surface area contributed by atoms with Crippen LogP contribution in [-0.2, 0) is 125 Å². The summed E-state index contributed by atoms with van der Waals surface area (Å²) in [5, 5.41) is 128. The van der Waals surface area contributed by atoms with Gasteiger partial charge in [0, 0.05) is 26.1 Å². The Morgan fingerprint density at radius 1 is 0.372 bits per heavy atom. The molecule has 832 valence electrons. The average molecular weight is 2110 g/mol. The van der Waals surface area contributed by atoms with E-state index in [-0.39, 0.29) is 103 Å². The lowest BCUT2D eigenvalue weighted by Gasteiger charge is -2.32. The Morgan fingerprint density at radius 3 is 1.23 bits per heavy atom. The van der Waals surface area contributed by atoms with Gasteiger partial charge in [0.25, 0.3) is 0 Å². The molecule has 2 aliphatic rings. The quantitative estimate of drug-likeness (QED) is 0.0153. The van der Waals surface area contributed by atoms with Crippen LogP contribution < -0.4 is 124 Å². The molecule has 60 heteroatoms. The van der Waals surface area contributed by atoms with Gasteiger partial charge in [0.15, 0.2) is 5.96 Å². The van der Waals surface area contributed by atoms with E-state index in [0.717, 1.165) is 23.6 Å². The van der Waals surface area contributed by atoms with Crippen LogP contribution in [0.1, 0.15) is 198 Å². The molecule has 2 fully saturated rings. The molecule has 0 aromatic carbocycles. The predicted molar refractivity (Wildman–Crippen MR) is 513 cm³/mol. The SMILES string of the molecule is CC[C@H](C)[C@H](NC(=O)[C@H](CC(=O)O)NC(=O)[C@H](CC(C)C)NC(=O)[C@@H](NC(=O)[C@@H]1CCCN1C(=O)[C@H](CC(N)=O)NC(=O)[C@@H]1CCCN1C(=O)[C@H](C)NC(=O)[C@H](CO)NC(=O)[C@@H](N)CC(=O)O)C(C)C)C(=O)N[C@@H](CC(=O)O)C(=O)NCC(=O)N[C@@H](CCC(=O)O)C(=O)N[C@@H](CCCCN)C(=O)N[C@@H](CC(C)C)C(=O)N[C@@H](CCCNC(=N)N)C(=O)N[C@H](C(=O)NCC(=O)N[C@H](C(=O)N[C@@H](CC(N)=O)C(=O)O)[C@@H](C)O)[C@@H](C)O. The molecule has 37 N–H and O–H groups in total. The number of rotatable bonds is 68. The first-order chi connectivity index (χ1) is 69.1. The maximum absolute atomic E-state index is 14.5. The zero-order chi connectivity index (χ0) is 113. The Morgan fingerprint density at radius 2 is 0.764 bits per heavy atom. The molecule has 60 nitrogen and oxygen atoms in total. The van der Waals surface area contributed by atoms with Crippen LogP contribution >= 0.6 is 0 Å². The molecule has 0 aromatic rings. The van der Waals surface area contributed by atoms with Crippen molar-refractivity contribution in [3.05, 3.63) is 0 Å². The van der Waals surface area contributed by atoms with Gasteiger partial charge in [0.1, 0.15) is 103 Å². The molecular weight excluding hydrogens is 1970 g/mol. The fraction of sp³-hybridized carbons (Fsp3) is 0.693. The number of hydrogen-bond donors (Lipinski definition) is 32. The first-order valence-corrected chi connectivity index (χ1v) is 48.0. The van der Waals surface area contributed by atoms with Gasteiger partial charge < -0.3 is 175 Å². The van der Waals surface area contributed by atoms with E-state index in [4.69, 9.17) is 39.2 Å². The number of nitrogens with two attached hydrogens (primary N) is 5. The fourth-order valence-electron chi connectivity index (χ4n) is 15.2. The minimum atomic E-state index is -2.13. The van der Waals surface area contributed by atoms with Gasteiger partial charge >= 0.3 is 29.8 Å². The summed E-state index contributed by atoms with van der Waals surface area (Å²) in [7, 11) is 0. The number of guanidine groups is 1. The van der Waals surface area contributed by atoms with Crippen molar-refractivity contribution in [1.29, 1.82) is 5.41 Å². The minimum absolute atomic E-state index is 0.00277. The van der Waals surface area contributed by atoms with Crippen molar-refractivity contribution in [2.75, 3.05) is 45.9 Å². The zero-order valence-corrected chi connectivity index (χ0v) is 84.2. The zero-order valence-electron chi connectivity index (χ0n) is 84.2. The summed E-state index contributed by atoms with van der Waals surface area (Å²) in [4.78, 5) is 351. The third kappa shape index (κ3) is 45.9.